The number of rotatable bonds is 3. The first-order valence-electron chi connectivity index (χ1n) is 10.2. The molecule has 0 saturated carbocycles. The van der Waals surface area contributed by atoms with Gasteiger partial charge in [-0.25, -0.2) is 0 Å². The summed E-state index contributed by atoms with van der Waals surface area (Å²) in [5.41, 5.74) is 1.74. The highest BCUT2D eigenvalue weighted by atomic mass is 35.5. The number of nitrogens with zero attached hydrogens (tertiary/aromatic N) is 3. The molecule has 0 bridgehead atoms. The van der Waals surface area contributed by atoms with Crippen LogP contribution in [-0.4, -0.2) is 61.6 Å². The van der Waals surface area contributed by atoms with E-state index in [-0.39, 0.29) is 5.25 Å². The van der Waals surface area contributed by atoms with Crippen molar-refractivity contribution >= 4 is 44.3 Å². The third-order valence-electron chi connectivity index (χ3n) is 5.26. The molecular formula is C22H28ClN3O4S2. The summed E-state index contributed by atoms with van der Waals surface area (Å²) in [7, 11) is 0.364. The normalized spacial score (nSPS) is 22.9. The van der Waals surface area contributed by atoms with Gasteiger partial charge in [0.2, 0.25) is 0 Å². The maximum Gasteiger partial charge on any atom is 0.261 e. The molecule has 1 fully saturated rings. The molecule has 32 heavy (non-hydrogen) atoms. The molecule has 174 valence electrons. The monoisotopic (exact) mass is 497 g/mol. The lowest BCUT2D eigenvalue weighted by Gasteiger charge is -2.38. The van der Waals surface area contributed by atoms with Crippen molar-refractivity contribution in [2.24, 2.45) is 4.99 Å². The van der Waals surface area contributed by atoms with Crippen LogP contribution >= 0.6 is 23.4 Å². The van der Waals surface area contributed by atoms with Gasteiger partial charge in [-0.2, -0.15) is 8.42 Å². The summed E-state index contributed by atoms with van der Waals surface area (Å²) >= 11 is 8.14. The molecule has 2 unspecified atom stereocenters. The minimum absolute atomic E-state index is 0.228. The van der Waals surface area contributed by atoms with Crippen molar-refractivity contribution in [1.82, 2.24) is 4.90 Å². The van der Waals surface area contributed by atoms with Gasteiger partial charge in [-0.1, -0.05) is 53.7 Å². The summed E-state index contributed by atoms with van der Waals surface area (Å²) in [6.07, 6.45) is 2.78. The zero-order chi connectivity index (χ0) is 23.5. The SMILES string of the molecule is CN(C)c1ccc(C2(O)C(c3ccccc3Cl)SC3=NCCCCN32)cc1.CS(=O)(=O)O. The minimum atomic E-state index is -3.67. The van der Waals surface area contributed by atoms with E-state index in [0.29, 0.717) is 11.3 Å². The van der Waals surface area contributed by atoms with Gasteiger partial charge in [0, 0.05) is 43.5 Å². The fraction of sp³-hybridized carbons (Fsp3) is 0.409. The van der Waals surface area contributed by atoms with Crippen molar-refractivity contribution in [2.75, 3.05) is 38.3 Å². The summed E-state index contributed by atoms with van der Waals surface area (Å²) in [4.78, 5) is 8.88. The third kappa shape index (κ3) is 5.58. The maximum atomic E-state index is 12.1. The molecule has 0 aliphatic carbocycles. The summed E-state index contributed by atoms with van der Waals surface area (Å²) in [5, 5.41) is 13.5. The number of aliphatic imine (C=N–C) groups is 1. The number of hydrogen-bond donors (Lipinski definition) is 2. The van der Waals surface area contributed by atoms with Gasteiger partial charge in [0.1, 0.15) is 0 Å². The topological polar surface area (TPSA) is 93.4 Å². The van der Waals surface area contributed by atoms with Crippen LogP contribution in [0.25, 0.3) is 0 Å². The first kappa shape index (κ1) is 24.9. The average molecular weight is 498 g/mol. The Balaban J connectivity index is 0.000000523. The van der Waals surface area contributed by atoms with Crippen LogP contribution in [-0.2, 0) is 15.8 Å². The van der Waals surface area contributed by atoms with Gasteiger partial charge in [-0.3, -0.25) is 9.55 Å². The standard InChI is InChI=1S/C21H24ClN3OS.CH4O3S/c1-24(2)16-11-9-15(10-12-16)21(26)19(17-7-3-4-8-18(17)22)27-20-23-13-5-6-14-25(20)21;1-5(2,3)4/h3-4,7-12,19,26H,5-6,13-14H2,1-2H3;1H3,(H,2,3,4). The highest BCUT2D eigenvalue weighted by molar-refractivity contribution is 8.14. The Kier molecular flexibility index (Phi) is 7.77. The fourth-order valence-electron chi connectivity index (χ4n) is 3.76. The first-order chi connectivity index (χ1) is 15.0. The van der Waals surface area contributed by atoms with Gasteiger partial charge in [0.05, 0.1) is 11.5 Å². The van der Waals surface area contributed by atoms with E-state index >= 15 is 0 Å². The minimum Gasteiger partial charge on any atom is -0.378 e. The highest BCUT2D eigenvalue weighted by Crippen LogP contribution is 2.56. The molecule has 1 saturated heterocycles. The lowest BCUT2D eigenvalue weighted by atomic mass is 9.92. The van der Waals surface area contributed by atoms with Crippen LogP contribution in [0, 0.1) is 0 Å². The molecule has 2 atom stereocenters. The Morgan fingerprint density at radius 1 is 1.16 bits per heavy atom. The van der Waals surface area contributed by atoms with Crippen molar-refractivity contribution in [2.45, 2.75) is 23.8 Å². The Bertz CT molecular complexity index is 1070. The number of fused-ring (bicyclic) bond motifs is 1. The molecular weight excluding hydrogens is 470 g/mol. The molecule has 2 aliphatic heterocycles. The molecule has 4 rings (SSSR count). The Morgan fingerprint density at radius 2 is 1.78 bits per heavy atom. The van der Waals surface area contributed by atoms with Crippen LogP contribution in [0.3, 0.4) is 0 Å². The second kappa shape index (κ2) is 10.0. The molecule has 2 aliphatic rings. The van der Waals surface area contributed by atoms with E-state index in [1.54, 1.807) is 11.8 Å². The van der Waals surface area contributed by atoms with Crippen molar-refractivity contribution in [1.29, 1.82) is 0 Å². The molecule has 0 radical (unpaired) electrons. The van der Waals surface area contributed by atoms with Gasteiger partial charge in [0.15, 0.2) is 10.9 Å². The van der Waals surface area contributed by atoms with Crippen LogP contribution < -0.4 is 4.90 Å². The van der Waals surface area contributed by atoms with Crippen LogP contribution in [0.4, 0.5) is 5.69 Å². The van der Waals surface area contributed by atoms with Crippen molar-refractivity contribution in [3.05, 3.63) is 64.7 Å². The number of hydrogen-bond acceptors (Lipinski definition) is 7. The number of thioether (sulfide) groups is 1. The molecule has 2 aromatic carbocycles. The summed E-state index contributed by atoms with van der Waals surface area (Å²) in [6, 6.07) is 15.9. The summed E-state index contributed by atoms with van der Waals surface area (Å²) < 4.78 is 25.9. The van der Waals surface area contributed by atoms with E-state index in [2.05, 4.69) is 21.9 Å². The second-order valence-corrected chi connectivity index (χ2v) is 10.9. The molecule has 0 spiro atoms. The van der Waals surface area contributed by atoms with Crippen molar-refractivity contribution < 1.29 is 18.1 Å². The average Bonchev–Trinajstić information content (AvgIpc) is 2.86. The number of anilines is 1. The van der Waals surface area contributed by atoms with Gasteiger partial charge < -0.3 is 14.9 Å². The van der Waals surface area contributed by atoms with Crippen molar-refractivity contribution in [3.8, 4) is 0 Å². The van der Waals surface area contributed by atoms with E-state index in [1.165, 1.54) is 0 Å². The third-order valence-corrected chi connectivity index (χ3v) is 6.99. The lowest BCUT2D eigenvalue weighted by Crippen LogP contribution is -2.46. The molecule has 2 N–H and O–H groups in total. The summed E-state index contributed by atoms with van der Waals surface area (Å²) in [6.45, 7) is 1.60. The molecule has 7 nitrogen and oxygen atoms in total. The smallest absolute Gasteiger partial charge is 0.261 e. The number of amidine groups is 1. The van der Waals surface area contributed by atoms with Gasteiger partial charge in [0.25, 0.3) is 10.1 Å². The van der Waals surface area contributed by atoms with Crippen LogP contribution in [0.2, 0.25) is 5.02 Å². The predicted molar refractivity (Wildman–Crippen MR) is 132 cm³/mol. The number of halogens is 1. The number of aliphatic hydroxyl groups is 1. The first-order valence-corrected chi connectivity index (χ1v) is 13.3. The lowest BCUT2D eigenvalue weighted by molar-refractivity contribution is -0.0711. The molecule has 2 aromatic rings. The Morgan fingerprint density at radius 3 is 2.38 bits per heavy atom. The van der Waals surface area contributed by atoms with Gasteiger partial charge in [-0.05, 0) is 36.6 Å². The zero-order valence-corrected chi connectivity index (χ0v) is 20.7. The van der Waals surface area contributed by atoms with E-state index in [4.69, 9.17) is 21.1 Å². The molecule has 0 amide bonds. The largest absolute Gasteiger partial charge is 0.378 e. The van der Waals surface area contributed by atoms with E-state index in [9.17, 15) is 13.5 Å². The van der Waals surface area contributed by atoms with Crippen LogP contribution in [0.5, 0.6) is 0 Å². The second-order valence-electron chi connectivity index (χ2n) is 7.94. The molecule has 0 aromatic heterocycles. The van der Waals surface area contributed by atoms with E-state index < -0.39 is 15.8 Å². The van der Waals surface area contributed by atoms with E-state index in [0.717, 1.165) is 47.9 Å². The Labute approximate surface area is 198 Å². The molecule has 10 heteroatoms. The van der Waals surface area contributed by atoms with Crippen molar-refractivity contribution in [3.63, 3.8) is 0 Å². The van der Waals surface area contributed by atoms with E-state index in [1.807, 2.05) is 50.5 Å². The maximum absolute atomic E-state index is 12.1. The predicted octanol–water partition coefficient (Wildman–Crippen LogP) is 4.00. The number of benzene rings is 2. The molecule has 2 heterocycles. The fourth-order valence-corrected chi connectivity index (χ4v) is 5.57. The zero-order valence-electron chi connectivity index (χ0n) is 18.3. The van der Waals surface area contributed by atoms with Gasteiger partial charge >= 0.3 is 0 Å². The highest BCUT2D eigenvalue weighted by Gasteiger charge is 2.53. The quantitative estimate of drug-likeness (QED) is 0.619. The summed E-state index contributed by atoms with van der Waals surface area (Å²) in [5.74, 6) is 0. The van der Waals surface area contributed by atoms with Crippen LogP contribution in [0.15, 0.2) is 53.5 Å². The van der Waals surface area contributed by atoms with Crippen LogP contribution in [0.1, 0.15) is 29.2 Å². The Hall–Kier alpha value is -1.78. The van der Waals surface area contributed by atoms with Gasteiger partial charge in [-0.15, -0.1) is 0 Å².